The molecule has 1 aromatic rings. The van der Waals surface area contributed by atoms with Crippen LogP contribution in [0.25, 0.3) is 0 Å². The number of aryl methyl sites for hydroxylation is 1. The smallest absolute Gasteiger partial charge is 0.410 e. The van der Waals surface area contributed by atoms with Crippen molar-refractivity contribution in [1.29, 1.82) is 0 Å². The van der Waals surface area contributed by atoms with Gasteiger partial charge in [-0.3, -0.25) is 0 Å². The summed E-state index contributed by atoms with van der Waals surface area (Å²) in [5.41, 5.74) is 0.133. The monoisotopic (exact) mass is 408 g/mol. The van der Waals surface area contributed by atoms with Gasteiger partial charge in [0.25, 0.3) is 0 Å². The van der Waals surface area contributed by atoms with Gasteiger partial charge in [0, 0.05) is 31.1 Å². The van der Waals surface area contributed by atoms with E-state index in [9.17, 15) is 22.4 Å². The third kappa shape index (κ3) is 6.48. The minimum atomic E-state index is -4.29. The summed E-state index contributed by atoms with van der Waals surface area (Å²) in [4.78, 5) is 15.8. The number of ether oxygens (including phenoxy) is 1. The van der Waals surface area contributed by atoms with Crippen molar-refractivity contribution in [3.63, 3.8) is 0 Å². The van der Waals surface area contributed by atoms with Gasteiger partial charge in [-0.2, -0.15) is 13.2 Å². The highest BCUT2D eigenvalue weighted by molar-refractivity contribution is 7.99. The number of anilines is 1. The molecule has 9 heteroatoms. The molecule has 0 N–H and O–H groups in total. The molecule has 1 aliphatic heterocycles. The zero-order valence-corrected chi connectivity index (χ0v) is 16.6. The second-order valence-electron chi connectivity index (χ2n) is 7.43. The van der Waals surface area contributed by atoms with E-state index in [1.54, 1.807) is 37.5 Å². The van der Waals surface area contributed by atoms with E-state index < -0.39 is 29.4 Å². The van der Waals surface area contributed by atoms with E-state index in [4.69, 9.17) is 4.74 Å². The fraction of sp³-hybridized carbons (Fsp3) is 0.611. The topological polar surface area (TPSA) is 32.8 Å². The Hall–Kier alpha value is -1.64. The number of benzene rings is 1. The molecule has 0 spiro atoms. The minimum absolute atomic E-state index is 0.258. The number of hydrogen-bond donors (Lipinski definition) is 0. The van der Waals surface area contributed by atoms with Crippen LogP contribution in [-0.2, 0) is 4.74 Å². The predicted molar refractivity (Wildman–Crippen MR) is 97.9 cm³/mol. The summed E-state index contributed by atoms with van der Waals surface area (Å²) in [6.07, 6.45) is -4.71. The number of halogens is 4. The van der Waals surface area contributed by atoms with Gasteiger partial charge in [-0.05, 0) is 45.4 Å². The Bertz CT molecular complexity index is 681. The molecular weight excluding hydrogens is 384 g/mol. The fourth-order valence-electron chi connectivity index (χ4n) is 2.66. The van der Waals surface area contributed by atoms with E-state index in [-0.39, 0.29) is 5.69 Å². The SMILES string of the molecule is Cc1cc(F)c(N2CCN(C(=O)OC(C)(C)C)CC2)cc1SCC(F)(F)F. The van der Waals surface area contributed by atoms with E-state index in [0.29, 0.717) is 48.4 Å². The Kier molecular flexibility index (Phi) is 6.55. The molecule has 1 saturated heterocycles. The van der Waals surface area contributed by atoms with Crippen molar-refractivity contribution in [2.75, 3.05) is 36.8 Å². The van der Waals surface area contributed by atoms with Gasteiger partial charge in [0.1, 0.15) is 11.4 Å². The molecule has 0 aliphatic carbocycles. The number of piperazine rings is 1. The fourth-order valence-corrected chi connectivity index (χ4v) is 3.46. The number of carbonyl (C=O) groups excluding carboxylic acids is 1. The normalized spacial score (nSPS) is 15.9. The molecule has 0 saturated carbocycles. The molecular formula is C18H24F4N2O2S. The number of carbonyl (C=O) groups is 1. The maximum atomic E-state index is 14.4. The summed E-state index contributed by atoms with van der Waals surface area (Å²) in [6, 6.07) is 2.72. The number of amides is 1. The zero-order valence-electron chi connectivity index (χ0n) is 15.8. The molecule has 4 nitrogen and oxygen atoms in total. The standard InChI is InChI=1S/C18H24F4N2O2S/c1-12-9-13(19)14(10-15(12)27-11-18(20,21)22)23-5-7-24(8-6-23)16(25)26-17(2,3)4/h9-10H,5-8,11H2,1-4H3. The lowest BCUT2D eigenvalue weighted by atomic mass is 10.2. The predicted octanol–water partition coefficient (Wildman–Crippen LogP) is 4.85. The van der Waals surface area contributed by atoms with Gasteiger partial charge in [-0.1, -0.05) is 0 Å². The van der Waals surface area contributed by atoms with Gasteiger partial charge >= 0.3 is 12.3 Å². The van der Waals surface area contributed by atoms with E-state index in [1.807, 2.05) is 0 Å². The van der Waals surface area contributed by atoms with Crippen LogP contribution in [0.3, 0.4) is 0 Å². The first-order valence-electron chi connectivity index (χ1n) is 8.58. The second-order valence-corrected chi connectivity index (χ2v) is 8.44. The molecule has 0 unspecified atom stereocenters. The third-order valence-corrected chi connectivity index (χ3v) is 5.13. The van der Waals surface area contributed by atoms with Gasteiger partial charge in [-0.25, -0.2) is 9.18 Å². The van der Waals surface area contributed by atoms with Gasteiger partial charge in [0.05, 0.1) is 11.4 Å². The van der Waals surface area contributed by atoms with Crippen LogP contribution in [0.4, 0.5) is 28.0 Å². The highest BCUT2D eigenvalue weighted by atomic mass is 32.2. The number of nitrogens with zero attached hydrogens (tertiary/aromatic N) is 2. The molecule has 1 heterocycles. The lowest BCUT2D eigenvalue weighted by molar-refractivity contribution is -0.105. The Morgan fingerprint density at radius 3 is 2.26 bits per heavy atom. The van der Waals surface area contributed by atoms with E-state index in [2.05, 4.69) is 0 Å². The first-order chi connectivity index (χ1) is 12.4. The molecule has 2 rings (SSSR count). The quantitative estimate of drug-likeness (QED) is 0.529. The lowest BCUT2D eigenvalue weighted by Crippen LogP contribution is -2.50. The molecule has 1 amide bonds. The highest BCUT2D eigenvalue weighted by Crippen LogP contribution is 2.34. The first-order valence-corrected chi connectivity index (χ1v) is 9.57. The zero-order chi connectivity index (χ0) is 20.4. The summed E-state index contributed by atoms with van der Waals surface area (Å²) in [5.74, 6) is -1.50. The third-order valence-electron chi connectivity index (χ3n) is 3.91. The maximum Gasteiger partial charge on any atom is 0.410 e. The number of hydrogen-bond acceptors (Lipinski definition) is 4. The first kappa shape index (κ1) is 21.7. The Labute approximate surface area is 160 Å². The van der Waals surface area contributed by atoms with E-state index in [0.717, 1.165) is 0 Å². The summed E-state index contributed by atoms with van der Waals surface area (Å²) in [6.45, 7) is 8.40. The largest absolute Gasteiger partial charge is 0.444 e. The molecule has 27 heavy (non-hydrogen) atoms. The van der Waals surface area contributed by atoms with Gasteiger partial charge in [0.2, 0.25) is 0 Å². The number of thioether (sulfide) groups is 1. The van der Waals surface area contributed by atoms with Crippen LogP contribution in [-0.4, -0.2) is 54.7 Å². The van der Waals surface area contributed by atoms with Crippen LogP contribution in [0.1, 0.15) is 26.3 Å². The van der Waals surface area contributed by atoms with Crippen molar-refractivity contribution in [2.45, 2.75) is 44.4 Å². The summed E-state index contributed by atoms with van der Waals surface area (Å²) >= 11 is 0.650. The number of alkyl halides is 3. The van der Waals surface area contributed by atoms with E-state index in [1.165, 1.54) is 12.1 Å². The molecule has 0 atom stereocenters. The number of rotatable bonds is 3. The van der Waals surface area contributed by atoms with Crippen LogP contribution in [0.15, 0.2) is 17.0 Å². The average molecular weight is 408 g/mol. The van der Waals surface area contributed by atoms with E-state index >= 15 is 0 Å². The molecule has 0 bridgehead atoms. The van der Waals surface area contributed by atoms with Crippen LogP contribution < -0.4 is 4.90 Å². The second kappa shape index (κ2) is 8.16. The summed E-state index contributed by atoms with van der Waals surface area (Å²) in [5, 5.41) is 0. The maximum absolute atomic E-state index is 14.4. The van der Waals surface area contributed by atoms with Crippen LogP contribution in [0.5, 0.6) is 0 Å². The van der Waals surface area contributed by atoms with Crippen molar-refractivity contribution < 1.29 is 27.1 Å². The lowest BCUT2D eigenvalue weighted by Gasteiger charge is -2.37. The van der Waals surface area contributed by atoms with Gasteiger partial charge in [-0.15, -0.1) is 11.8 Å². The van der Waals surface area contributed by atoms with Crippen molar-refractivity contribution in [2.24, 2.45) is 0 Å². The molecule has 0 radical (unpaired) electrons. The van der Waals surface area contributed by atoms with Crippen molar-refractivity contribution in [1.82, 2.24) is 4.90 Å². The Balaban J connectivity index is 2.06. The van der Waals surface area contributed by atoms with Gasteiger partial charge < -0.3 is 14.5 Å². The van der Waals surface area contributed by atoms with Crippen molar-refractivity contribution in [3.05, 3.63) is 23.5 Å². The van der Waals surface area contributed by atoms with Crippen LogP contribution >= 0.6 is 11.8 Å². The molecule has 1 fully saturated rings. The van der Waals surface area contributed by atoms with Crippen molar-refractivity contribution in [3.8, 4) is 0 Å². The van der Waals surface area contributed by atoms with Crippen LogP contribution in [0, 0.1) is 12.7 Å². The van der Waals surface area contributed by atoms with Crippen LogP contribution in [0.2, 0.25) is 0 Å². The molecule has 1 aromatic carbocycles. The Morgan fingerprint density at radius 2 is 1.74 bits per heavy atom. The summed E-state index contributed by atoms with van der Waals surface area (Å²) in [7, 11) is 0. The minimum Gasteiger partial charge on any atom is -0.444 e. The van der Waals surface area contributed by atoms with Gasteiger partial charge in [0.15, 0.2) is 0 Å². The summed E-state index contributed by atoms with van der Waals surface area (Å²) < 4.78 is 57.2. The van der Waals surface area contributed by atoms with Crippen molar-refractivity contribution >= 4 is 23.5 Å². The molecule has 0 aromatic heterocycles. The Morgan fingerprint density at radius 1 is 1.15 bits per heavy atom. The highest BCUT2D eigenvalue weighted by Gasteiger charge is 2.29. The average Bonchev–Trinajstić information content (AvgIpc) is 2.52. The molecule has 152 valence electrons. The molecule has 1 aliphatic rings.